The van der Waals surface area contributed by atoms with Crippen LogP contribution in [0.3, 0.4) is 0 Å². The van der Waals surface area contributed by atoms with Crippen LogP contribution in [-0.2, 0) is 20.4 Å². The number of allylic oxidation sites excluding steroid dienone is 1. The summed E-state index contributed by atoms with van der Waals surface area (Å²) in [5, 5.41) is 2.25. The maximum absolute atomic E-state index is 12.4. The van der Waals surface area contributed by atoms with Gasteiger partial charge in [0, 0.05) is 19.5 Å². The molecule has 1 aromatic carbocycles. The van der Waals surface area contributed by atoms with Crippen LogP contribution in [0.5, 0.6) is 0 Å². The van der Waals surface area contributed by atoms with Gasteiger partial charge in [-0.3, -0.25) is 10.1 Å². The first-order valence-electron chi connectivity index (χ1n) is 8.71. The predicted octanol–water partition coefficient (Wildman–Crippen LogP) is 1.48. The van der Waals surface area contributed by atoms with Gasteiger partial charge in [-0.25, -0.2) is 17.9 Å². The maximum atomic E-state index is 12.4. The number of sulfonamides is 1. The lowest BCUT2D eigenvalue weighted by Crippen LogP contribution is -2.49. The summed E-state index contributed by atoms with van der Waals surface area (Å²) in [5.41, 5.74) is 0.562. The number of amides is 3. The summed E-state index contributed by atoms with van der Waals surface area (Å²) in [7, 11) is -3.39. The van der Waals surface area contributed by atoms with Crippen molar-refractivity contribution in [3.8, 4) is 0 Å². The summed E-state index contributed by atoms with van der Waals surface area (Å²) in [6.45, 7) is 0.745. The van der Waals surface area contributed by atoms with Gasteiger partial charge in [-0.15, -0.1) is 0 Å². The zero-order valence-electron chi connectivity index (χ0n) is 14.5. The third-order valence-corrected chi connectivity index (χ3v) is 6.09. The molecule has 8 heteroatoms. The van der Waals surface area contributed by atoms with Crippen LogP contribution < -0.4 is 10.0 Å². The number of benzene rings is 1. The molecule has 1 saturated carbocycles. The number of carbonyl (C=O) groups excluding carboxylic acids is 2. The van der Waals surface area contributed by atoms with Gasteiger partial charge < -0.3 is 4.90 Å². The molecule has 0 atom stereocenters. The van der Waals surface area contributed by atoms with Crippen LogP contribution in [0, 0.1) is 0 Å². The highest BCUT2D eigenvalue weighted by atomic mass is 32.2. The third-order valence-electron chi connectivity index (χ3n) is 4.62. The molecule has 7 nitrogen and oxygen atoms in total. The lowest BCUT2D eigenvalue weighted by Gasteiger charge is -2.25. The number of urea groups is 1. The zero-order chi connectivity index (χ0) is 18.6. The quantitative estimate of drug-likeness (QED) is 0.671. The lowest BCUT2D eigenvalue weighted by atomic mass is 10.1. The molecule has 0 radical (unpaired) electrons. The van der Waals surface area contributed by atoms with Gasteiger partial charge in [-0.2, -0.15) is 0 Å². The summed E-state index contributed by atoms with van der Waals surface area (Å²) in [6.07, 6.45) is 5.80. The van der Waals surface area contributed by atoms with Crippen LogP contribution in [0.2, 0.25) is 0 Å². The molecular weight excluding hydrogens is 354 g/mol. The SMILES string of the molecule is O=C1CCN(C/C=C\CCS(=O)(=O)NC2(c3ccccc3)CC2)C(=O)N1. The molecule has 3 amide bonds. The molecule has 1 aliphatic carbocycles. The second-order valence-electron chi connectivity index (χ2n) is 6.68. The number of hydrogen-bond donors (Lipinski definition) is 2. The van der Waals surface area contributed by atoms with E-state index in [0.29, 0.717) is 25.9 Å². The highest BCUT2D eigenvalue weighted by Gasteiger charge is 2.46. The van der Waals surface area contributed by atoms with Crippen LogP contribution in [0.1, 0.15) is 31.2 Å². The van der Waals surface area contributed by atoms with E-state index in [4.69, 9.17) is 0 Å². The first kappa shape index (κ1) is 18.6. The van der Waals surface area contributed by atoms with E-state index in [9.17, 15) is 18.0 Å². The van der Waals surface area contributed by atoms with Gasteiger partial charge in [0.2, 0.25) is 15.9 Å². The number of carbonyl (C=O) groups is 2. The highest BCUT2D eigenvalue weighted by molar-refractivity contribution is 7.89. The minimum atomic E-state index is -3.39. The minimum Gasteiger partial charge on any atom is -0.320 e. The summed E-state index contributed by atoms with van der Waals surface area (Å²) in [5.74, 6) is -0.261. The molecule has 2 fully saturated rings. The van der Waals surface area contributed by atoms with Crippen LogP contribution in [-0.4, -0.2) is 44.1 Å². The fraction of sp³-hybridized carbons (Fsp3) is 0.444. The van der Waals surface area contributed by atoms with E-state index in [2.05, 4.69) is 10.0 Å². The lowest BCUT2D eigenvalue weighted by molar-refractivity contribution is -0.121. The van der Waals surface area contributed by atoms with Crippen molar-refractivity contribution in [1.82, 2.24) is 14.9 Å². The molecule has 1 saturated heterocycles. The van der Waals surface area contributed by atoms with Crippen molar-refractivity contribution in [2.45, 2.75) is 31.2 Å². The molecular formula is C18H23N3O4S. The Morgan fingerprint density at radius 3 is 2.54 bits per heavy atom. The fourth-order valence-electron chi connectivity index (χ4n) is 3.00. The number of imide groups is 1. The molecule has 0 spiro atoms. The number of rotatable bonds is 8. The molecule has 3 rings (SSSR count). The van der Waals surface area contributed by atoms with Crippen molar-refractivity contribution in [3.63, 3.8) is 0 Å². The average molecular weight is 377 g/mol. The normalized spacial score (nSPS) is 19.6. The van der Waals surface area contributed by atoms with Crippen LogP contribution in [0.25, 0.3) is 0 Å². The monoisotopic (exact) mass is 377 g/mol. The molecule has 1 heterocycles. The van der Waals surface area contributed by atoms with Gasteiger partial charge in [0.25, 0.3) is 0 Å². The standard InChI is InChI=1S/C18H23N3O4S/c22-16-9-13-21(17(23)19-16)12-5-2-6-14-26(24,25)20-18(10-11-18)15-7-3-1-4-8-15/h1-5,7-8,20H,6,9-14H2,(H,19,22,23)/b5-2-. The summed E-state index contributed by atoms with van der Waals surface area (Å²) < 4.78 is 27.5. The Labute approximate surface area is 153 Å². The van der Waals surface area contributed by atoms with Crippen LogP contribution in [0.4, 0.5) is 4.79 Å². The second-order valence-corrected chi connectivity index (χ2v) is 8.52. The summed E-state index contributed by atoms with van der Waals surface area (Å²) in [4.78, 5) is 24.2. The Bertz CT molecular complexity index is 801. The Kier molecular flexibility index (Phi) is 5.43. The van der Waals surface area contributed by atoms with Gasteiger partial charge in [-0.05, 0) is 24.8 Å². The van der Waals surface area contributed by atoms with Gasteiger partial charge in [0.1, 0.15) is 0 Å². The Hall–Kier alpha value is -2.19. The van der Waals surface area contributed by atoms with Crippen molar-refractivity contribution in [2.75, 3.05) is 18.8 Å². The molecule has 140 valence electrons. The van der Waals surface area contributed by atoms with Crippen LogP contribution in [0.15, 0.2) is 42.5 Å². The highest BCUT2D eigenvalue weighted by Crippen LogP contribution is 2.45. The van der Waals surface area contributed by atoms with E-state index in [1.165, 1.54) is 4.90 Å². The topological polar surface area (TPSA) is 95.6 Å². The number of hydrogen-bond acceptors (Lipinski definition) is 4. The number of nitrogens with one attached hydrogen (secondary N) is 2. The van der Waals surface area contributed by atoms with Crippen molar-refractivity contribution in [2.24, 2.45) is 0 Å². The first-order chi connectivity index (χ1) is 12.4. The van der Waals surface area contributed by atoms with Gasteiger partial charge in [0.05, 0.1) is 11.3 Å². The molecule has 0 bridgehead atoms. The van der Waals surface area contributed by atoms with Crippen molar-refractivity contribution >= 4 is 22.0 Å². The number of nitrogens with zero attached hydrogens (tertiary/aromatic N) is 1. The van der Waals surface area contributed by atoms with E-state index in [0.717, 1.165) is 18.4 Å². The van der Waals surface area contributed by atoms with Gasteiger partial charge >= 0.3 is 6.03 Å². The van der Waals surface area contributed by atoms with E-state index in [1.54, 1.807) is 12.2 Å². The average Bonchev–Trinajstić information content (AvgIpc) is 3.37. The Balaban J connectivity index is 1.45. The van der Waals surface area contributed by atoms with E-state index in [-0.39, 0.29) is 11.7 Å². The van der Waals surface area contributed by atoms with E-state index in [1.807, 2.05) is 30.3 Å². The molecule has 0 aromatic heterocycles. The fourth-order valence-corrected chi connectivity index (χ4v) is 4.46. The zero-order valence-corrected chi connectivity index (χ0v) is 15.3. The smallest absolute Gasteiger partial charge is 0.320 e. The molecule has 26 heavy (non-hydrogen) atoms. The maximum Gasteiger partial charge on any atom is 0.324 e. The summed E-state index contributed by atoms with van der Waals surface area (Å²) in [6, 6.07) is 9.23. The van der Waals surface area contributed by atoms with Crippen molar-refractivity contribution in [1.29, 1.82) is 0 Å². The van der Waals surface area contributed by atoms with Gasteiger partial charge in [-0.1, -0.05) is 42.5 Å². The molecule has 1 aliphatic heterocycles. The van der Waals surface area contributed by atoms with Crippen molar-refractivity contribution < 1.29 is 18.0 Å². The van der Waals surface area contributed by atoms with E-state index >= 15 is 0 Å². The van der Waals surface area contributed by atoms with Crippen molar-refractivity contribution in [3.05, 3.63) is 48.0 Å². The van der Waals surface area contributed by atoms with E-state index < -0.39 is 21.6 Å². The largest absolute Gasteiger partial charge is 0.324 e. The van der Waals surface area contributed by atoms with Gasteiger partial charge in [0.15, 0.2) is 0 Å². The Morgan fingerprint density at radius 2 is 1.88 bits per heavy atom. The second kappa shape index (κ2) is 7.59. The third kappa shape index (κ3) is 4.70. The molecule has 0 unspecified atom stereocenters. The molecule has 2 N–H and O–H groups in total. The van der Waals surface area contributed by atoms with Crippen LogP contribution >= 0.6 is 0 Å². The molecule has 1 aromatic rings. The summed E-state index contributed by atoms with van der Waals surface area (Å²) >= 11 is 0. The molecule has 2 aliphatic rings. The Morgan fingerprint density at radius 1 is 1.15 bits per heavy atom. The minimum absolute atomic E-state index is 0.00274. The predicted molar refractivity (Wildman–Crippen MR) is 97.8 cm³/mol. The first-order valence-corrected chi connectivity index (χ1v) is 10.4.